The highest BCUT2D eigenvalue weighted by molar-refractivity contribution is 5.76. The van der Waals surface area contributed by atoms with Crippen LogP contribution in [-0.2, 0) is 14.3 Å². The third kappa shape index (κ3) is 71.2. The lowest BCUT2D eigenvalue weighted by molar-refractivity contribution is -0.143. The number of aliphatic hydroxyl groups is 2. The van der Waals surface area contributed by atoms with E-state index < -0.39 is 12.1 Å². The molecule has 0 aliphatic rings. The molecule has 6 heteroatoms. The molecule has 2 unspecified atom stereocenters. The molecule has 0 spiro atoms. The van der Waals surface area contributed by atoms with Crippen molar-refractivity contribution in [1.29, 1.82) is 0 Å². The van der Waals surface area contributed by atoms with E-state index in [-0.39, 0.29) is 18.5 Å². The van der Waals surface area contributed by atoms with E-state index in [1.165, 1.54) is 360 Å². The van der Waals surface area contributed by atoms with Gasteiger partial charge in [-0.3, -0.25) is 9.59 Å². The molecule has 1 amide bonds. The van der Waals surface area contributed by atoms with Gasteiger partial charge in [0.15, 0.2) is 0 Å². The summed E-state index contributed by atoms with van der Waals surface area (Å²) in [5.74, 6) is -0.0504. The Kier molecular flexibility index (Phi) is 73.9. The molecule has 0 radical (unpaired) electrons. The third-order valence-corrected chi connectivity index (χ3v) is 18.4. The molecule has 0 aliphatic heterocycles. The van der Waals surface area contributed by atoms with Crippen LogP contribution in [0, 0.1) is 0 Å². The van der Waals surface area contributed by atoms with Gasteiger partial charge < -0.3 is 20.3 Å². The highest BCUT2D eigenvalue weighted by atomic mass is 16.5. The van der Waals surface area contributed by atoms with Gasteiger partial charge in [0.25, 0.3) is 0 Å². The number of ether oxygens (including phenoxy) is 1. The number of esters is 1. The van der Waals surface area contributed by atoms with Gasteiger partial charge in [-0.25, -0.2) is 0 Å². The van der Waals surface area contributed by atoms with Gasteiger partial charge in [-0.1, -0.05) is 397 Å². The number of aliphatic hydroxyl groups excluding tert-OH is 2. The smallest absolute Gasteiger partial charge is 0.305 e. The van der Waals surface area contributed by atoms with Crippen LogP contribution in [-0.4, -0.2) is 47.4 Å². The van der Waals surface area contributed by atoms with Crippen molar-refractivity contribution < 1.29 is 24.5 Å². The number of unbranched alkanes of at least 4 members (excludes halogenated alkanes) is 59. The number of amides is 1. The summed E-state index contributed by atoms with van der Waals surface area (Å²) in [6, 6.07) is -0.628. The molecule has 6 nitrogen and oxygen atoms in total. The van der Waals surface area contributed by atoms with Crippen LogP contribution < -0.4 is 5.32 Å². The Balaban J connectivity index is 3.38. The minimum atomic E-state index is -0.845. The van der Waals surface area contributed by atoms with Crippen LogP contribution in [0.25, 0.3) is 0 Å². The molecular formula is C80H153NO5. The minimum Gasteiger partial charge on any atom is -0.466 e. The fourth-order valence-electron chi connectivity index (χ4n) is 12.4. The summed E-state index contributed by atoms with van der Waals surface area (Å²) in [6.07, 6.45) is 98.2. The molecule has 2 atom stereocenters. The summed E-state index contributed by atoms with van der Waals surface area (Å²) in [5.41, 5.74) is 0. The maximum Gasteiger partial charge on any atom is 0.305 e. The Hall–Kier alpha value is -1.92. The Bertz CT molecular complexity index is 1390. The molecule has 0 aromatic rings. The summed E-state index contributed by atoms with van der Waals surface area (Å²) in [7, 11) is 0. The summed E-state index contributed by atoms with van der Waals surface area (Å²) in [6.45, 7) is 4.93. The highest BCUT2D eigenvalue weighted by Crippen LogP contribution is 2.20. The number of nitrogens with one attached hydrogen (secondary N) is 1. The lowest BCUT2D eigenvalue weighted by Crippen LogP contribution is -2.45. The van der Waals surface area contributed by atoms with E-state index in [1.54, 1.807) is 6.08 Å². The fraction of sp³-hybridized carbons (Fsp3) is 0.900. The average Bonchev–Trinajstić information content (AvgIpc) is 3.56. The Morgan fingerprint density at radius 1 is 0.326 bits per heavy atom. The van der Waals surface area contributed by atoms with Gasteiger partial charge >= 0.3 is 5.97 Å². The van der Waals surface area contributed by atoms with Gasteiger partial charge in [-0.05, 0) is 64.2 Å². The molecule has 0 heterocycles. The van der Waals surface area contributed by atoms with E-state index in [9.17, 15) is 19.8 Å². The average molecular weight is 1210 g/mol. The van der Waals surface area contributed by atoms with Crippen LogP contribution in [0.15, 0.2) is 36.5 Å². The fourth-order valence-corrected chi connectivity index (χ4v) is 12.4. The molecule has 0 rings (SSSR count). The summed E-state index contributed by atoms with van der Waals surface area (Å²) in [4.78, 5) is 24.7. The second-order valence-corrected chi connectivity index (χ2v) is 27.0. The number of rotatable bonds is 74. The summed E-state index contributed by atoms with van der Waals surface area (Å²) in [5, 5.41) is 23.3. The molecule has 3 N–H and O–H groups in total. The van der Waals surface area contributed by atoms with Gasteiger partial charge in [0.05, 0.1) is 25.4 Å². The predicted molar refractivity (Wildman–Crippen MR) is 379 cm³/mol. The number of hydrogen-bond donors (Lipinski definition) is 3. The molecule has 508 valence electrons. The normalized spacial score (nSPS) is 12.7. The molecular weight excluding hydrogens is 1050 g/mol. The first-order chi connectivity index (χ1) is 42.5. The van der Waals surface area contributed by atoms with Crippen LogP contribution in [0.5, 0.6) is 0 Å². The quantitative estimate of drug-likeness (QED) is 0.0320. The SMILES string of the molecule is CCCCCC/C=C\C/C=C\CCCCCCCCCC(=O)OCCCCCCCCCCCCCCCCCCCCCCCCCCCCC(=O)NC(CO)C(O)/C=C/CCCCCCCCCCCCCCCCCCCCCCCCC. The van der Waals surface area contributed by atoms with Crippen molar-refractivity contribution in [3.8, 4) is 0 Å². The van der Waals surface area contributed by atoms with Crippen molar-refractivity contribution in [2.75, 3.05) is 13.2 Å². The molecule has 0 fully saturated rings. The Morgan fingerprint density at radius 2 is 0.581 bits per heavy atom. The first kappa shape index (κ1) is 84.1. The number of carbonyl (C=O) groups is 2. The number of hydrogen-bond acceptors (Lipinski definition) is 5. The van der Waals surface area contributed by atoms with Crippen LogP contribution in [0.3, 0.4) is 0 Å². The van der Waals surface area contributed by atoms with Gasteiger partial charge in [0.1, 0.15) is 0 Å². The standard InChI is InChI=1S/C80H153NO5/c1-3-5-7-9-11-13-15-17-19-21-23-24-25-28-31-34-37-40-44-48-52-56-60-64-68-72-78(83)77(76-82)81-79(84)73-69-65-61-57-53-49-45-41-38-35-32-29-26-27-30-33-36-39-43-47-51-55-59-63-67-71-75-86-80(85)74-70-66-62-58-54-50-46-42-22-20-18-16-14-12-10-8-6-4-2/h14,16,20,22,68,72,77-78,82-83H,3-13,15,17-19,21,23-67,69-71,73-76H2,1-2H3,(H,81,84)/b16-14-,22-20-,72-68+. The lowest BCUT2D eigenvalue weighted by atomic mass is 10.0. The molecule has 0 aromatic heterocycles. The summed E-state index contributed by atoms with van der Waals surface area (Å²) >= 11 is 0. The van der Waals surface area contributed by atoms with Crippen LogP contribution >= 0.6 is 0 Å². The highest BCUT2D eigenvalue weighted by Gasteiger charge is 2.18. The first-order valence-electron chi connectivity index (χ1n) is 39.3. The predicted octanol–water partition coefficient (Wildman–Crippen LogP) is 25.8. The van der Waals surface area contributed by atoms with Crippen LogP contribution in [0.4, 0.5) is 0 Å². The van der Waals surface area contributed by atoms with E-state index in [0.717, 1.165) is 51.4 Å². The van der Waals surface area contributed by atoms with Crippen molar-refractivity contribution in [2.24, 2.45) is 0 Å². The molecule has 0 saturated carbocycles. The van der Waals surface area contributed by atoms with Crippen LogP contribution in [0.2, 0.25) is 0 Å². The maximum absolute atomic E-state index is 12.6. The monoisotopic (exact) mass is 1210 g/mol. The van der Waals surface area contributed by atoms with Crippen molar-refractivity contribution in [2.45, 2.75) is 450 Å². The first-order valence-corrected chi connectivity index (χ1v) is 39.3. The van der Waals surface area contributed by atoms with E-state index in [4.69, 9.17) is 4.74 Å². The second kappa shape index (κ2) is 75.5. The zero-order valence-electron chi connectivity index (χ0n) is 58.3. The second-order valence-electron chi connectivity index (χ2n) is 27.0. The molecule has 0 aromatic carbocycles. The van der Waals surface area contributed by atoms with E-state index >= 15 is 0 Å². The topological polar surface area (TPSA) is 95.9 Å². The lowest BCUT2D eigenvalue weighted by Gasteiger charge is -2.20. The van der Waals surface area contributed by atoms with Crippen molar-refractivity contribution >= 4 is 11.9 Å². The van der Waals surface area contributed by atoms with Gasteiger partial charge in [0.2, 0.25) is 5.91 Å². The maximum atomic E-state index is 12.6. The van der Waals surface area contributed by atoms with E-state index in [0.29, 0.717) is 19.4 Å². The molecule has 0 saturated heterocycles. The molecule has 0 bridgehead atoms. The Labute approximate surface area is 538 Å². The molecule has 0 aliphatic carbocycles. The number of allylic oxidation sites excluding steroid dienone is 5. The minimum absolute atomic E-state index is 0.0104. The molecule has 86 heavy (non-hydrogen) atoms. The zero-order chi connectivity index (χ0) is 62.0. The van der Waals surface area contributed by atoms with Gasteiger partial charge in [-0.2, -0.15) is 0 Å². The summed E-state index contributed by atoms with van der Waals surface area (Å²) < 4.78 is 5.51. The largest absolute Gasteiger partial charge is 0.466 e. The van der Waals surface area contributed by atoms with Gasteiger partial charge in [0, 0.05) is 12.8 Å². The van der Waals surface area contributed by atoms with E-state index in [1.807, 2.05) is 6.08 Å². The third-order valence-electron chi connectivity index (χ3n) is 18.4. The Morgan fingerprint density at radius 3 is 0.895 bits per heavy atom. The van der Waals surface area contributed by atoms with Gasteiger partial charge in [-0.15, -0.1) is 0 Å². The zero-order valence-corrected chi connectivity index (χ0v) is 58.3. The van der Waals surface area contributed by atoms with Crippen molar-refractivity contribution in [1.82, 2.24) is 5.32 Å². The van der Waals surface area contributed by atoms with E-state index in [2.05, 4.69) is 43.5 Å². The van der Waals surface area contributed by atoms with Crippen molar-refractivity contribution in [3.63, 3.8) is 0 Å². The van der Waals surface area contributed by atoms with Crippen LogP contribution in [0.1, 0.15) is 438 Å². The number of carbonyl (C=O) groups excluding carboxylic acids is 2. The van der Waals surface area contributed by atoms with Crippen molar-refractivity contribution in [3.05, 3.63) is 36.5 Å².